The molecule has 0 saturated heterocycles. The molecule has 1 N–H and O–H groups in total. The van der Waals surface area contributed by atoms with Crippen molar-refractivity contribution >= 4 is 5.78 Å². The van der Waals surface area contributed by atoms with Gasteiger partial charge in [-0.3, -0.25) is 9.78 Å². The van der Waals surface area contributed by atoms with E-state index >= 15 is 0 Å². The first kappa shape index (κ1) is 10.4. The van der Waals surface area contributed by atoms with Gasteiger partial charge in [-0.1, -0.05) is 18.2 Å². The first-order valence-corrected chi connectivity index (χ1v) is 4.98. The van der Waals surface area contributed by atoms with Crippen LogP contribution in [0, 0.1) is 0 Å². The highest BCUT2D eigenvalue weighted by Crippen LogP contribution is 2.12. The van der Waals surface area contributed by atoms with Crippen molar-refractivity contribution in [2.45, 2.75) is 6.42 Å². The molecule has 0 fully saturated rings. The minimum Gasteiger partial charge on any atom is -0.508 e. The molecule has 0 aliphatic rings. The molecule has 0 atom stereocenters. The average molecular weight is 213 g/mol. The molecule has 1 aromatic carbocycles. The molecular formula is C13H11NO2. The van der Waals surface area contributed by atoms with E-state index in [4.69, 9.17) is 0 Å². The van der Waals surface area contributed by atoms with E-state index in [9.17, 15) is 9.90 Å². The molecule has 0 aliphatic carbocycles. The fraction of sp³-hybridized carbons (Fsp3) is 0.0769. The van der Waals surface area contributed by atoms with Gasteiger partial charge in [-0.05, 0) is 24.3 Å². The maximum absolute atomic E-state index is 11.8. The lowest BCUT2D eigenvalue weighted by Gasteiger charge is -2.01. The van der Waals surface area contributed by atoms with Crippen LogP contribution in [0.1, 0.15) is 16.1 Å². The summed E-state index contributed by atoms with van der Waals surface area (Å²) in [7, 11) is 0. The average Bonchev–Trinajstić information content (AvgIpc) is 2.30. The van der Waals surface area contributed by atoms with Crippen LogP contribution in [0.2, 0.25) is 0 Å². The number of pyridine rings is 1. The zero-order valence-electron chi connectivity index (χ0n) is 8.63. The molecule has 0 aliphatic heterocycles. The van der Waals surface area contributed by atoms with Gasteiger partial charge in [0.2, 0.25) is 0 Å². The van der Waals surface area contributed by atoms with E-state index in [1.807, 2.05) is 12.1 Å². The molecule has 1 aromatic heterocycles. The lowest BCUT2D eigenvalue weighted by molar-refractivity contribution is 0.0991. The van der Waals surface area contributed by atoms with Gasteiger partial charge in [0.25, 0.3) is 0 Å². The maximum Gasteiger partial charge on any atom is 0.168 e. The summed E-state index contributed by atoms with van der Waals surface area (Å²) in [6.45, 7) is 0. The first-order chi connectivity index (χ1) is 7.75. The predicted molar refractivity (Wildman–Crippen MR) is 60.4 cm³/mol. The van der Waals surface area contributed by atoms with Gasteiger partial charge < -0.3 is 5.11 Å². The van der Waals surface area contributed by atoms with E-state index in [1.54, 1.807) is 24.4 Å². The standard InChI is InChI=1S/C13H11NO2/c15-12-6-3-4-10(8-12)13(16)9-11-5-1-2-7-14-11/h1-8,15H,9H2. The molecular weight excluding hydrogens is 202 g/mol. The topological polar surface area (TPSA) is 50.2 Å². The third-order valence-electron chi connectivity index (χ3n) is 2.24. The van der Waals surface area contributed by atoms with Crippen LogP contribution < -0.4 is 0 Å². The van der Waals surface area contributed by atoms with Crippen molar-refractivity contribution in [3.63, 3.8) is 0 Å². The molecule has 3 nitrogen and oxygen atoms in total. The van der Waals surface area contributed by atoms with E-state index < -0.39 is 0 Å². The van der Waals surface area contributed by atoms with E-state index in [0.29, 0.717) is 5.56 Å². The van der Waals surface area contributed by atoms with Gasteiger partial charge in [-0.2, -0.15) is 0 Å². The Balaban J connectivity index is 2.15. The van der Waals surface area contributed by atoms with Gasteiger partial charge in [0.15, 0.2) is 5.78 Å². The molecule has 3 heteroatoms. The van der Waals surface area contributed by atoms with Crippen LogP contribution in [0.3, 0.4) is 0 Å². The molecule has 2 aromatic rings. The zero-order valence-corrected chi connectivity index (χ0v) is 8.63. The highest BCUT2D eigenvalue weighted by atomic mass is 16.3. The van der Waals surface area contributed by atoms with Crippen LogP contribution in [-0.2, 0) is 6.42 Å². The lowest BCUT2D eigenvalue weighted by atomic mass is 10.1. The smallest absolute Gasteiger partial charge is 0.168 e. The quantitative estimate of drug-likeness (QED) is 0.795. The molecule has 16 heavy (non-hydrogen) atoms. The van der Waals surface area contributed by atoms with E-state index in [-0.39, 0.29) is 18.0 Å². The summed E-state index contributed by atoms with van der Waals surface area (Å²) in [4.78, 5) is 15.9. The van der Waals surface area contributed by atoms with Crippen LogP contribution >= 0.6 is 0 Å². The number of nitrogens with zero attached hydrogens (tertiary/aromatic N) is 1. The number of Topliss-reactive ketones (excluding diaryl/α,β-unsaturated/α-hetero) is 1. The Labute approximate surface area is 93.4 Å². The largest absolute Gasteiger partial charge is 0.508 e. The Morgan fingerprint density at radius 3 is 2.75 bits per heavy atom. The molecule has 1 heterocycles. The normalized spacial score (nSPS) is 10.0. The Morgan fingerprint density at radius 2 is 2.06 bits per heavy atom. The van der Waals surface area contributed by atoms with Gasteiger partial charge in [0.1, 0.15) is 5.75 Å². The van der Waals surface area contributed by atoms with Crippen molar-refractivity contribution in [3.05, 3.63) is 59.9 Å². The maximum atomic E-state index is 11.8. The minimum atomic E-state index is -0.0467. The summed E-state index contributed by atoms with van der Waals surface area (Å²) < 4.78 is 0. The fourth-order valence-corrected chi connectivity index (χ4v) is 1.45. The second-order valence-corrected chi connectivity index (χ2v) is 3.47. The second-order valence-electron chi connectivity index (χ2n) is 3.47. The summed E-state index contributed by atoms with van der Waals surface area (Å²) in [6.07, 6.45) is 1.91. The summed E-state index contributed by atoms with van der Waals surface area (Å²) in [5.41, 5.74) is 1.24. The molecule has 0 radical (unpaired) electrons. The molecule has 2 rings (SSSR count). The van der Waals surface area contributed by atoms with Gasteiger partial charge in [0, 0.05) is 17.5 Å². The first-order valence-electron chi connectivity index (χ1n) is 4.98. The minimum absolute atomic E-state index is 0.0467. The lowest BCUT2D eigenvalue weighted by Crippen LogP contribution is -2.04. The van der Waals surface area contributed by atoms with Crippen molar-refractivity contribution in [1.29, 1.82) is 0 Å². The van der Waals surface area contributed by atoms with Gasteiger partial charge in [-0.15, -0.1) is 0 Å². The van der Waals surface area contributed by atoms with Crippen molar-refractivity contribution in [2.75, 3.05) is 0 Å². The summed E-state index contributed by atoms with van der Waals surface area (Å²) in [5, 5.41) is 9.26. The van der Waals surface area contributed by atoms with Crippen molar-refractivity contribution in [3.8, 4) is 5.75 Å². The predicted octanol–water partition coefficient (Wildman–Crippen LogP) is 2.21. The molecule has 0 spiro atoms. The van der Waals surface area contributed by atoms with Crippen LogP contribution in [0.15, 0.2) is 48.7 Å². The Kier molecular flexibility index (Phi) is 2.96. The van der Waals surface area contributed by atoms with Crippen LogP contribution in [0.25, 0.3) is 0 Å². The van der Waals surface area contributed by atoms with Crippen molar-refractivity contribution < 1.29 is 9.90 Å². The number of carbonyl (C=O) groups excluding carboxylic acids is 1. The summed E-state index contributed by atoms with van der Waals surface area (Å²) in [6, 6.07) is 11.8. The highest BCUT2D eigenvalue weighted by Gasteiger charge is 2.07. The Hall–Kier alpha value is -2.16. The van der Waals surface area contributed by atoms with Gasteiger partial charge in [-0.25, -0.2) is 0 Å². The molecule has 80 valence electrons. The second kappa shape index (κ2) is 4.57. The number of ketones is 1. The molecule has 0 amide bonds. The SMILES string of the molecule is O=C(Cc1ccccn1)c1cccc(O)c1. The van der Waals surface area contributed by atoms with Crippen LogP contribution in [-0.4, -0.2) is 15.9 Å². The highest BCUT2D eigenvalue weighted by molar-refractivity contribution is 5.97. The molecule has 0 saturated carbocycles. The number of benzene rings is 1. The third kappa shape index (κ3) is 2.45. The van der Waals surface area contributed by atoms with E-state index in [0.717, 1.165) is 5.69 Å². The fourth-order valence-electron chi connectivity index (χ4n) is 1.45. The zero-order chi connectivity index (χ0) is 11.4. The number of phenolic OH excluding ortho intramolecular Hbond substituents is 1. The molecule has 0 bridgehead atoms. The number of phenols is 1. The number of aromatic nitrogens is 1. The monoisotopic (exact) mass is 213 g/mol. The number of carbonyl (C=O) groups is 1. The molecule has 0 unspecified atom stereocenters. The van der Waals surface area contributed by atoms with Gasteiger partial charge >= 0.3 is 0 Å². The summed E-state index contributed by atoms with van der Waals surface area (Å²) >= 11 is 0. The van der Waals surface area contributed by atoms with Gasteiger partial charge in [0.05, 0.1) is 6.42 Å². The Bertz CT molecular complexity index is 494. The van der Waals surface area contributed by atoms with E-state index in [1.165, 1.54) is 12.1 Å². The number of hydrogen-bond acceptors (Lipinski definition) is 3. The van der Waals surface area contributed by atoms with Crippen LogP contribution in [0.4, 0.5) is 0 Å². The Morgan fingerprint density at radius 1 is 1.19 bits per heavy atom. The van der Waals surface area contributed by atoms with Crippen molar-refractivity contribution in [2.24, 2.45) is 0 Å². The number of aromatic hydroxyl groups is 1. The van der Waals surface area contributed by atoms with Crippen LogP contribution in [0.5, 0.6) is 5.75 Å². The number of rotatable bonds is 3. The van der Waals surface area contributed by atoms with E-state index in [2.05, 4.69) is 4.98 Å². The summed E-state index contributed by atoms with van der Waals surface area (Å²) in [5.74, 6) is 0.0569. The third-order valence-corrected chi connectivity index (χ3v) is 2.24. The van der Waals surface area contributed by atoms with Crippen molar-refractivity contribution in [1.82, 2.24) is 4.98 Å². The number of hydrogen-bond donors (Lipinski definition) is 1.